The van der Waals surface area contributed by atoms with Gasteiger partial charge in [0.1, 0.15) is 0 Å². The van der Waals surface area contributed by atoms with Gasteiger partial charge in [0.2, 0.25) is 5.91 Å². The van der Waals surface area contributed by atoms with E-state index < -0.39 is 5.91 Å². The summed E-state index contributed by atoms with van der Waals surface area (Å²) in [5.74, 6) is -0.541. The van der Waals surface area contributed by atoms with Crippen LogP contribution < -0.4 is 10.9 Å². The van der Waals surface area contributed by atoms with Gasteiger partial charge in [-0.15, -0.1) is 0 Å². The van der Waals surface area contributed by atoms with E-state index in [0.717, 1.165) is 5.56 Å². The van der Waals surface area contributed by atoms with Gasteiger partial charge in [0.05, 0.1) is 6.42 Å². The van der Waals surface area contributed by atoms with Gasteiger partial charge in [-0.1, -0.05) is 28.9 Å². The maximum Gasteiger partial charge on any atom is 0.291 e. The zero-order valence-electron chi connectivity index (χ0n) is 12.9. The van der Waals surface area contributed by atoms with Crippen LogP contribution >= 0.6 is 11.6 Å². The van der Waals surface area contributed by atoms with Crippen LogP contribution in [0.4, 0.5) is 0 Å². The van der Waals surface area contributed by atoms with E-state index in [9.17, 15) is 9.59 Å². The summed E-state index contributed by atoms with van der Waals surface area (Å²) in [5.41, 5.74) is 6.14. The molecule has 0 aliphatic rings. The minimum Gasteiger partial charge on any atom is -0.355 e. The van der Waals surface area contributed by atoms with Crippen molar-refractivity contribution in [3.8, 4) is 11.3 Å². The van der Waals surface area contributed by atoms with Gasteiger partial charge >= 0.3 is 0 Å². The van der Waals surface area contributed by atoms with E-state index >= 15 is 0 Å². The molecule has 0 atom stereocenters. The Bertz CT molecular complexity index is 878. The molecule has 126 valence electrons. The molecule has 0 aliphatic carbocycles. The molecule has 0 unspecified atom stereocenters. The van der Waals surface area contributed by atoms with E-state index in [0.29, 0.717) is 16.3 Å². The van der Waals surface area contributed by atoms with Crippen molar-refractivity contribution in [1.82, 2.24) is 21.0 Å². The topological polar surface area (TPSA) is 97.1 Å². The third-order valence-electron chi connectivity index (χ3n) is 3.28. The molecule has 1 aromatic carbocycles. The minimum absolute atomic E-state index is 0.0469. The van der Waals surface area contributed by atoms with Gasteiger partial charge in [-0.3, -0.25) is 25.4 Å². The lowest BCUT2D eigenvalue weighted by Crippen LogP contribution is -2.42. The highest BCUT2D eigenvalue weighted by molar-refractivity contribution is 6.30. The van der Waals surface area contributed by atoms with Gasteiger partial charge in [-0.2, -0.15) is 0 Å². The molecule has 0 fully saturated rings. The number of carbonyl (C=O) groups excluding carboxylic acids is 2. The fourth-order valence-corrected chi connectivity index (χ4v) is 2.18. The van der Waals surface area contributed by atoms with Crippen molar-refractivity contribution in [1.29, 1.82) is 0 Å². The molecule has 2 N–H and O–H groups in total. The number of nitrogens with zero attached hydrogens (tertiary/aromatic N) is 2. The minimum atomic E-state index is -0.580. The van der Waals surface area contributed by atoms with Crippen molar-refractivity contribution in [3.63, 3.8) is 0 Å². The van der Waals surface area contributed by atoms with Crippen LogP contribution in [0.25, 0.3) is 11.3 Å². The van der Waals surface area contributed by atoms with Crippen LogP contribution in [0.2, 0.25) is 5.02 Å². The van der Waals surface area contributed by atoms with Crippen molar-refractivity contribution in [2.75, 3.05) is 0 Å². The van der Waals surface area contributed by atoms with Gasteiger partial charge < -0.3 is 4.52 Å². The van der Waals surface area contributed by atoms with E-state index in [4.69, 9.17) is 16.1 Å². The highest BCUT2D eigenvalue weighted by Gasteiger charge is 2.14. The van der Waals surface area contributed by atoms with Crippen LogP contribution in [0.1, 0.15) is 16.1 Å². The SMILES string of the molecule is O=C(Cc1ccc(Cl)cc1)NNC(=O)c1cc(-c2cccnc2)on1. The van der Waals surface area contributed by atoms with E-state index in [1.807, 2.05) is 0 Å². The molecule has 0 aliphatic heterocycles. The third kappa shape index (κ3) is 4.42. The number of halogens is 1. The number of hydrazine groups is 1. The first kappa shape index (κ1) is 16.7. The maximum absolute atomic E-state index is 12.0. The van der Waals surface area contributed by atoms with Gasteiger partial charge in [0, 0.05) is 29.0 Å². The molecule has 2 amide bonds. The van der Waals surface area contributed by atoms with Crippen LogP contribution in [-0.2, 0) is 11.2 Å². The number of pyridine rings is 1. The van der Waals surface area contributed by atoms with Crippen LogP contribution in [0.3, 0.4) is 0 Å². The average Bonchev–Trinajstić information content (AvgIpc) is 3.13. The predicted molar refractivity (Wildman–Crippen MR) is 90.5 cm³/mol. The Labute approximate surface area is 148 Å². The molecule has 3 rings (SSSR count). The normalized spacial score (nSPS) is 10.3. The van der Waals surface area contributed by atoms with Crippen LogP contribution in [0.5, 0.6) is 0 Å². The number of hydrogen-bond acceptors (Lipinski definition) is 5. The molecular weight excluding hydrogens is 344 g/mol. The summed E-state index contributed by atoms with van der Waals surface area (Å²) in [6.07, 6.45) is 3.33. The van der Waals surface area contributed by atoms with Crippen molar-refractivity contribution >= 4 is 23.4 Å². The second-order valence-electron chi connectivity index (χ2n) is 5.12. The number of carbonyl (C=O) groups is 2. The zero-order valence-corrected chi connectivity index (χ0v) is 13.7. The Hall–Kier alpha value is -3.19. The van der Waals surface area contributed by atoms with Gasteiger partial charge in [-0.25, -0.2) is 0 Å². The standard InChI is InChI=1S/C17H13ClN4O3/c18-13-5-3-11(4-6-13)8-16(23)20-21-17(24)14-9-15(25-22-14)12-2-1-7-19-10-12/h1-7,9-10H,8H2,(H,20,23)(H,21,24). The molecule has 2 heterocycles. The number of hydrogen-bond donors (Lipinski definition) is 2. The lowest BCUT2D eigenvalue weighted by molar-refractivity contribution is -0.121. The highest BCUT2D eigenvalue weighted by Crippen LogP contribution is 2.18. The fraction of sp³-hybridized carbons (Fsp3) is 0.0588. The molecule has 0 spiro atoms. The monoisotopic (exact) mass is 356 g/mol. The van der Waals surface area contributed by atoms with E-state index in [2.05, 4.69) is 21.0 Å². The Balaban J connectivity index is 1.55. The molecule has 0 saturated heterocycles. The molecular formula is C17H13ClN4O3. The number of aromatic nitrogens is 2. The second kappa shape index (κ2) is 7.59. The molecule has 3 aromatic rings. The Morgan fingerprint density at radius 2 is 1.92 bits per heavy atom. The van der Waals surface area contributed by atoms with Crippen molar-refractivity contribution in [2.24, 2.45) is 0 Å². The van der Waals surface area contributed by atoms with Gasteiger partial charge in [0.25, 0.3) is 5.91 Å². The molecule has 25 heavy (non-hydrogen) atoms. The lowest BCUT2D eigenvalue weighted by atomic mass is 10.1. The Morgan fingerprint density at radius 3 is 2.64 bits per heavy atom. The molecule has 2 aromatic heterocycles. The van der Waals surface area contributed by atoms with E-state index in [-0.39, 0.29) is 18.0 Å². The summed E-state index contributed by atoms with van der Waals surface area (Å²) < 4.78 is 5.11. The van der Waals surface area contributed by atoms with Crippen LogP contribution in [0.15, 0.2) is 59.4 Å². The smallest absolute Gasteiger partial charge is 0.291 e. The first-order valence-corrected chi connectivity index (χ1v) is 7.70. The number of amides is 2. The van der Waals surface area contributed by atoms with E-state index in [1.165, 1.54) is 6.07 Å². The first-order chi connectivity index (χ1) is 12.1. The predicted octanol–water partition coefficient (Wildman–Crippen LogP) is 2.39. The maximum atomic E-state index is 12.0. The zero-order chi connectivity index (χ0) is 17.6. The molecule has 0 radical (unpaired) electrons. The quantitative estimate of drug-likeness (QED) is 0.699. The summed E-state index contributed by atoms with van der Waals surface area (Å²) >= 11 is 5.79. The second-order valence-corrected chi connectivity index (χ2v) is 5.56. The summed E-state index contributed by atoms with van der Waals surface area (Å²) in [6.45, 7) is 0. The van der Waals surface area contributed by atoms with Crippen LogP contribution in [-0.4, -0.2) is 22.0 Å². The first-order valence-electron chi connectivity index (χ1n) is 7.32. The molecule has 7 nitrogen and oxygen atoms in total. The summed E-state index contributed by atoms with van der Waals surface area (Å²) in [4.78, 5) is 27.8. The lowest BCUT2D eigenvalue weighted by Gasteiger charge is -2.05. The molecule has 8 heteroatoms. The van der Waals surface area contributed by atoms with Crippen molar-refractivity contribution < 1.29 is 14.1 Å². The van der Waals surface area contributed by atoms with Crippen LogP contribution in [0, 0.1) is 0 Å². The Morgan fingerprint density at radius 1 is 1.12 bits per heavy atom. The Kier molecular flexibility index (Phi) is 5.06. The average molecular weight is 357 g/mol. The van der Waals surface area contributed by atoms with Gasteiger partial charge in [0.15, 0.2) is 11.5 Å². The van der Waals surface area contributed by atoms with Crippen molar-refractivity contribution in [3.05, 3.63) is 71.1 Å². The molecule has 0 bridgehead atoms. The summed E-state index contributed by atoms with van der Waals surface area (Å²) in [6, 6.07) is 11.9. The largest absolute Gasteiger partial charge is 0.355 e. The summed E-state index contributed by atoms with van der Waals surface area (Å²) in [7, 11) is 0. The van der Waals surface area contributed by atoms with Crippen molar-refractivity contribution in [2.45, 2.75) is 6.42 Å². The van der Waals surface area contributed by atoms with Gasteiger partial charge in [-0.05, 0) is 29.8 Å². The number of benzene rings is 1. The fourth-order valence-electron chi connectivity index (χ4n) is 2.05. The highest BCUT2D eigenvalue weighted by atomic mass is 35.5. The molecule has 0 saturated carbocycles. The van der Waals surface area contributed by atoms with E-state index in [1.54, 1.807) is 48.8 Å². The summed E-state index contributed by atoms with van der Waals surface area (Å²) in [5, 5.41) is 4.27. The number of nitrogens with one attached hydrogen (secondary N) is 2. The third-order valence-corrected chi connectivity index (χ3v) is 3.53. The number of rotatable bonds is 4.